The van der Waals surface area contributed by atoms with E-state index in [1.54, 1.807) is 10.9 Å². The van der Waals surface area contributed by atoms with Crippen molar-refractivity contribution in [2.24, 2.45) is 11.8 Å². The molecule has 0 amide bonds. The van der Waals surface area contributed by atoms with Gasteiger partial charge in [0.2, 0.25) is 0 Å². The fraction of sp³-hybridized carbons (Fsp3) is 0.600. The second-order valence-electron chi connectivity index (χ2n) is 4.12. The predicted molar refractivity (Wildman–Crippen MR) is 55.2 cm³/mol. The predicted octanol–water partition coefficient (Wildman–Crippen LogP) is 0.908. The summed E-state index contributed by atoms with van der Waals surface area (Å²) in [6, 6.07) is 0. The molecule has 2 atom stereocenters. The number of methoxy groups -OCH3 is 1. The van der Waals surface area contributed by atoms with Crippen molar-refractivity contribution in [3.63, 3.8) is 0 Å². The Hall–Kier alpha value is -1.52. The molecule has 0 bridgehead atoms. The van der Waals surface area contributed by atoms with E-state index >= 15 is 0 Å². The molecule has 1 saturated carbocycles. The minimum absolute atomic E-state index is 0.214. The summed E-state index contributed by atoms with van der Waals surface area (Å²) in [5.41, 5.74) is 6.26. The van der Waals surface area contributed by atoms with Crippen LogP contribution in [0.1, 0.15) is 23.8 Å². The molecule has 15 heavy (non-hydrogen) atoms. The van der Waals surface area contributed by atoms with Crippen LogP contribution >= 0.6 is 0 Å². The Labute approximate surface area is 88.2 Å². The molecule has 1 aliphatic carbocycles. The number of nitrogens with zero attached hydrogens (tertiary/aromatic N) is 2. The molecule has 1 aromatic rings. The number of carbonyl (C=O) groups is 1. The lowest BCUT2D eigenvalue weighted by atomic mass is 10.3. The van der Waals surface area contributed by atoms with E-state index in [0.29, 0.717) is 11.6 Å². The van der Waals surface area contributed by atoms with E-state index in [2.05, 4.69) is 16.8 Å². The minimum atomic E-state index is -0.477. The van der Waals surface area contributed by atoms with Gasteiger partial charge in [0.1, 0.15) is 0 Å². The summed E-state index contributed by atoms with van der Waals surface area (Å²) in [6.07, 6.45) is 2.92. The number of carbonyl (C=O) groups excluding carboxylic acids is 1. The molecular weight excluding hydrogens is 194 g/mol. The van der Waals surface area contributed by atoms with Crippen LogP contribution in [0.15, 0.2) is 6.20 Å². The summed E-state index contributed by atoms with van der Waals surface area (Å²) in [5, 5.41) is 4.11. The number of hydrogen-bond donors (Lipinski definition) is 1. The molecule has 2 rings (SSSR count). The summed E-state index contributed by atoms with van der Waals surface area (Å²) in [5.74, 6) is 0.960. The Morgan fingerprint density at radius 3 is 3.00 bits per heavy atom. The Kier molecular flexibility index (Phi) is 2.38. The average Bonchev–Trinajstić information content (AvgIpc) is 2.74. The van der Waals surface area contributed by atoms with Crippen LogP contribution in [-0.2, 0) is 11.3 Å². The number of nitrogens with two attached hydrogens (primary N) is 1. The van der Waals surface area contributed by atoms with E-state index in [1.807, 2.05) is 0 Å². The second kappa shape index (κ2) is 3.56. The highest BCUT2D eigenvalue weighted by Crippen LogP contribution is 2.38. The molecule has 5 heteroatoms. The average molecular weight is 209 g/mol. The van der Waals surface area contributed by atoms with Gasteiger partial charge in [-0.05, 0) is 18.3 Å². The molecule has 82 valence electrons. The highest BCUT2D eigenvalue weighted by Gasteiger charge is 2.33. The van der Waals surface area contributed by atoms with Crippen molar-refractivity contribution < 1.29 is 9.53 Å². The van der Waals surface area contributed by atoms with Gasteiger partial charge in [0.15, 0.2) is 5.69 Å². The van der Waals surface area contributed by atoms with Gasteiger partial charge in [0, 0.05) is 12.7 Å². The van der Waals surface area contributed by atoms with E-state index in [-0.39, 0.29) is 5.69 Å². The van der Waals surface area contributed by atoms with E-state index in [1.165, 1.54) is 13.5 Å². The van der Waals surface area contributed by atoms with Crippen LogP contribution in [0.25, 0.3) is 0 Å². The lowest BCUT2D eigenvalue weighted by molar-refractivity contribution is 0.0594. The molecule has 1 heterocycles. The van der Waals surface area contributed by atoms with Crippen LogP contribution in [-0.4, -0.2) is 22.9 Å². The quantitative estimate of drug-likeness (QED) is 0.751. The summed E-state index contributed by atoms with van der Waals surface area (Å²) in [7, 11) is 1.32. The topological polar surface area (TPSA) is 70.1 Å². The van der Waals surface area contributed by atoms with Crippen LogP contribution in [0.4, 0.5) is 5.69 Å². The van der Waals surface area contributed by atoms with E-state index in [4.69, 9.17) is 5.73 Å². The van der Waals surface area contributed by atoms with Gasteiger partial charge in [-0.1, -0.05) is 6.92 Å². The molecule has 0 spiro atoms. The largest absolute Gasteiger partial charge is 0.464 e. The maximum atomic E-state index is 11.2. The van der Waals surface area contributed by atoms with Crippen LogP contribution in [0, 0.1) is 11.8 Å². The number of esters is 1. The zero-order valence-corrected chi connectivity index (χ0v) is 8.93. The Balaban J connectivity index is 2.10. The molecule has 5 nitrogen and oxygen atoms in total. The number of nitrogen functional groups attached to an aromatic ring is 1. The highest BCUT2D eigenvalue weighted by atomic mass is 16.5. The standard InChI is InChI=1S/C10H15N3O2/c1-6-3-7(6)4-13-5-8(11)9(12-13)10(14)15-2/h5-7H,3-4,11H2,1-2H3. The number of ether oxygens (including phenoxy) is 1. The molecule has 1 aromatic heterocycles. The molecule has 1 fully saturated rings. The van der Waals surface area contributed by atoms with Crippen molar-refractivity contribution in [3.8, 4) is 0 Å². The third-order valence-electron chi connectivity index (χ3n) is 2.87. The van der Waals surface area contributed by atoms with Crippen LogP contribution in [0.5, 0.6) is 0 Å². The van der Waals surface area contributed by atoms with Crippen molar-refractivity contribution in [2.45, 2.75) is 19.9 Å². The van der Waals surface area contributed by atoms with Crippen LogP contribution in [0.3, 0.4) is 0 Å². The third kappa shape index (κ3) is 1.95. The summed E-state index contributed by atoms with van der Waals surface area (Å²) in [6.45, 7) is 3.04. The second-order valence-corrected chi connectivity index (χ2v) is 4.12. The summed E-state index contributed by atoms with van der Waals surface area (Å²) >= 11 is 0. The highest BCUT2D eigenvalue weighted by molar-refractivity contribution is 5.92. The smallest absolute Gasteiger partial charge is 0.360 e. The Morgan fingerprint density at radius 1 is 1.80 bits per heavy atom. The zero-order chi connectivity index (χ0) is 11.0. The third-order valence-corrected chi connectivity index (χ3v) is 2.87. The lowest BCUT2D eigenvalue weighted by Crippen LogP contribution is -2.07. The van der Waals surface area contributed by atoms with E-state index in [0.717, 1.165) is 12.5 Å². The lowest BCUT2D eigenvalue weighted by Gasteiger charge is -1.97. The van der Waals surface area contributed by atoms with Crippen LogP contribution in [0.2, 0.25) is 0 Å². The monoisotopic (exact) mass is 209 g/mol. The van der Waals surface area contributed by atoms with Crippen molar-refractivity contribution in [3.05, 3.63) is 11.9 Å². The zero-order valence-electron chi connectivity index (χ0n) is 8.93. The molecule has 0 aromatic carbocycles. The van der Waals surface area contributed by atoms with Crippen molar-refractivity contribution in [1.29, 1.82) is 0 Å². The molecule has 2 N–H and O–H groups in total. The fourth-order valence-corrected chi connectivity index (χ4v) is 1.68. The Morgan fingerprint density at radius 2 is 2.47 bits per heavy atom. The van der Waals surface area contributed by atoms with Gasteiger partial charge in [-0.25, -0.2) is 4.79 Å². The molecule has 1 aliphatic rings. The number of aromatic nitrogens is 2. The van der Waals surface area contributed by atoms with Gasteiger partial charge < -0.3 is 10.5 Å². The van der Waals surface area contributed by atoms with E-state index in [9.17, 15) is 4.79 Å². The van der Waals surface area contributed by atoms with Crippen molar-refractivity contribution in [2.75, 3.05) is 12.8 Å². The first-order chi connectivity index (χ1) is 7.11. The maximum Gasteiger partial charge on any atom is 0.360 e. The van der Waals surface area contributed by atoms with Crippen molar-refractivity contribution in [1.82, 2.24) is 9.78 Å². The first kappa shape index (κ1) is 10.0. The molecule has 0 saturated heterocycles. The number of hydrogen-bond acceptors (Lipinski definition) is 4. The van der Waals surface area contributed by atoms with Gasteiger partial charge in [0.25, 0.3) is 0 Å². The first-order valence-electron chi connectivity index (χ1n) is 5.03. The first-order valence-corrected chi connectivity index (χ1v) is 5.03. The fourth-order valence-electron chi connectivity index (χ4n) is 1.68. The maximum absolute atomic E-state index is 11.2. The van der Waals surface area contributed by atoms with Gasteiger partial charge in [-0.2, -0.15) is 5.10 Å². The van der Waals surface area contributed by atoms with Gasteiger partial charge in [0.05, 0.1) is 12.8 Å². The van der Waals surface area contributed by atoms with E-state index < -0.39 is 5.97 Å². The normalized spacial score (nSPS) is 23.9. The molecule has 2 unspecified atom stereocenters. The van der Waals surface area contributed by atoms with Gasteiger partial charge >= 0.3 is 5.97 Å². The van der Waals surface area contributed by atoms with Gasteiger partial charge in [-0.15, -0.1) is 0 Å². The molecule has 0 radical (unpaired) electrons. The van der Waals surface area contributed by atoms with Crippen LogP contribution < -0.4 is 5.73 Å². The Bertz CT molecular complexity index is 386. The summed E-state index contributed by atoms with van der Waals surface area (Å²) < 4.78 is 6.31. The number of anilines is 1. The summed E-state index contributed by atoms with van der Waals surface area (Å²) in [4.78, 5) is 11.2. The SMILES string of the molecule is COC(=O)c1nn(CC2CC2C)cc1N. The molecular formula is C10H15N3O2. The molecule has 0 aliphatic heterocycles. The van der Waals surface area contributed by atoms with Gasteiger partial charge in [-0.3, -0.25) is 4.68 Å². The minimum Gasteiger partial charge on any atom is -0.464 e. The number of rotatable bonds is 3. The van der Waals surface area contributed by atoms with Crippen molar-refractivity contribution >= 4 is 11.7 Å².